The Morgan fingerprint density at radius 2 is 1.96 bits per heavy atom. The lowest BCUT2D eigenvalue weighted by molar-refractivity contribution is 0.0806. The van der Waals surface area contributed by atoms with Crippen molar-refractivity contribution in [2.45, 2.75) is 19.4 Å². The fraction of sp³-hybridized carbons (Fsp3) is 0.273. The van der Waals surface area contributed by atoms with Crippen LogP contribution in [0.5, 0.6) is 0 Å². The predicted octanol–water partition coefficient (Wildman–Crippen LogP) is 3.90. The number of hydrogen-bond acceptors (Lipinski definition) is 3. The van der Waals surface area contributed by atoms with Gasteiger partial charge in [0.25, 0.3) is 5.56 Å². The van der Waals surface area contributed by atoms with E-state index in [1.165, 1.54) is 0 Å². The molecule has 0 spiro atoms. The predicted molar refractivity (Wildman–Crippen MR) is 103 cm³/mol. The first-order chi connectivity index (χ1) is 13.5. The molecular weight excluding hydrogens is 362 g/mol. The highest BCUT2D eigenvalue weighted by atomic mass is 19.1. The molecule has 3 aromatic rings. The minimum absolute atomic E-state index is 0.150. The standard InChI is InChI=1S/C22H20F2N2O2/c23-17-7-8-19(24)18(11-17)21(27)15-5-3-9-26(12-15)13-16-10-14-4-1-2-6-20(14)25-22(16)28/h1-2,4,6-8,10-11,15H,3,5,9,12-13H2,(H,25,28)/t15-/m0/s1. The number of para-hydroxylation sites is 1. The molecule has 0 amide bonds. The van der Waals surface area contributed by atoms with E-state index >= 15 is 0 Å². The molecule has 0 saturated carbocycles. The van der Waals surface area contributed by atoms with E-state index in [1.54, 1.807) is 0 Å². The number of H-pyrrole nitrogens is 1. The van der Waals surface area contributed by atoms with E-state index in [-0.39, 0.29) is 16.9 Å². The van der Waals surface area contributed by atoms with E-state index in [0.29, 0.717) is 25.1 Å². The molecule has 1 saturated heterocycles. The summed E-state index contributed by atoms with van der Waals surface area (Å²) < 4.78 is 27.4. The number of nitrogens with zero attached hydrogens (tertiary/aromatic N) is 1. The maximum absolute atomic E-state index is 14.0. The van der Waals surface area contributed by atoms with Crippen LogP contribution in [0.2, 0.25) is 0 Å². The number of fused-ring (bicyclic) bond motifs is 1. The molecule has 1 aromatic heterocycles. The molecule has 1 atom stereocenters. The van der Waals surface area contributed by atoms with Crippen molar-refractivity contribution in [3.05, 3.63) is 81.6 Å². The topological polar surface area (TPSA) is 53.2 Å². The summed E-state index contributed by atoms with van der Waals surface area (Å²) in [5, 5.41) is 0.948. The van der Waals surface area contributed by atoms with Crippen molar-refractivity contribution in [1.82, 2.24) is 9.88 Å². The Hall–Kier alpha value is -2.86. The molecule has 4 rings (SSSR count). The number of piperidine rings is 1. The Balaban J connectivity index is 1.53. The zero-order valence-electron chi connectivity index (χ0n) is 15.3. The first-order valence-corrected chi connectivity index (χ1v) is 9.34. The van der Waals surface area contributed by atoms with Gasteiger partial charge in [-0.05, 0) is 55.1 Å². The Morgan fingerprint density at radius 3 is 2.82 bits per heavy atom. The van der Waals surface area contributed by atoms with Crippen molar-refractivity contribution in [2.24, 2.45) is 5.92 Å². The summed E-state index contributed by atoms with van der Waals surface area (Å²) >= 11 is 0. The second-order valence-electron chi connectivity index (χ2n) is 7.27. The van der Waals surface area contributed by atoms with Crippen molar-refractivity contribution < 1.29 is 13.6 Å². The second kappa shape index (κ2) is 7.64. The molecular formula is C22H20F2N2O2. The van der Waals surface area contributed by atoms with Gasteiger partial charge in [-0.2, -0.15) is 0 Å². The summed E-state index contributed by atoms with van der Waals surface area (Å²) in [6.45, 7) is 1.58. The van der Waals surface area contributed by atoms with Gasteiger partial charge in [0.2, 0.25) is 0 Å². The zero-order chi connectivity index (χ0) is 19.7. The highest BCUT2D eigenvalue weighted by molar-refractivity contribution is 5.98. The number of hydrogen-bond donors (Lipinski definition) is 1. The van der Waals surface area contributed by atoms with Crippen LogP contribution in [0, 0.1) is 17.6 Å². The molecule has 0 bridgehead atoms. The molecule has 1 N–H and O–H groups in total. The molecule has 6 heteroatoms. The third-order valence-electron chi connectivity index (χ3n) is 5.29. The van der Waals surface area contributed by atoms with Crippen molar-refractivity contribution >= 4 is 16.7 Å². The molecule has 0 unspecified atom stereocenters. The van der Waals surface area contributed by atoms with Crippen LogP contribution >= 0.6 is 0 Å². The first-order valence-electron chi connectivity index (χ1n) is 9.34. The van der Waals surface area contributed by atoms with Crippen LogP contribution in [-0.2, 0) is 6.54 Å². The fourth-order valence-corrected chi connectivity index (χ4v) is 3.87. The van der Waals surface area contributed by atoms with E-state index < -0.39 is 17.6 Å². The average Bonchev–Trinajstić information content (AvgIpc) is 2.70. The number of aromatic nitrogens is 1. The lowest BCUT2D eigenvalue weighted by atomic mass is 9.89. The van der Waals surface area contributed by atoms with Gasteiger partial charge < -0.3 is 4.98 Å². The Morgan fingerprint density at radius 1 is 1.14 bits per heavy atom. The van der Waals surface area contributed by atoms with Gasteiger partial charge in [-0.1, -0.05) is 18.2 Å². The third-order valence-corrected chi connectivity index (χ3v) is 5.29. The summed E-state index contributed by atoms with van der Waals surface area (Å²) in [6, 6.07) is 12.4. The highest BCUT2D eigenvalue weighted by Crippen LogP contribution is 2.24. The molecule has 1 aliphatic rings. The fourth-order valence-electron chi connectivity index (χ4n) is 3.87. The molecule has 144 valence electrons. The van der Waals surface area contributed by atoms with Gasteiger partial charge in [0.15, 0.2) is 5.78 Å². The molecule has 2 aromatic carbocycles. The van der Waals surface area contributed by atoms with E-state index in [0.717, 1.165) is 42.1 Å². The number of aromatic amines is 1. The van der Waals surface area contributed by atoms with E-state index in [4.69, 9.17) is 0 Å². The molecule has 1 aliphatic heterocycles. The summed E-state index contributed by atoms with van der Waals surface area (Å²) in [4.78, 5) is 30.0. The molecule has 4 nitrogen and oxygen atoms in total. The average molecular weight is 382 g/mol. The summed E-state index contributed by atoms with van der Waals surface area (Å²) in [6.07, 6.45) is 1.39. The van der Waals surface area contributed by atoms with Gasteiger partial charge in [-0.3, -0.25) is 14.5 Å². The van der Waals surface area contributed by atoms with Crippen molar-refractivity contribution in [3.8, 4) is 0 Å². The number of likely N-dealkylation sites (tertiary alicyclic amines) is 1. The number of ketones is 1. The maximum atomic E-state index is 14.0. The van der Waals surface area contributed by atoms with Crippen molar-refractivity contribution in [1.29, 1.82) is 0 Å². The molecule has 0 radical (unpaired) electrons. The molecule has 0 aliphatic carbocycles. The van der Waals surface area contributed by atoms with E-state index in [1.807, 2.05) is 35.2 Å². The zero-order valence-corrected chi connectivity index (χ0v) is 15.3. The van der Waals surface area contributed by atoms with Crippen LogP contribution in [0.25, 0.3) is 10.9 Å². The Labute approximate surface area is 160 Å². The number of halogens is 2. The van der Waals surface area contributed by atoms with Gasteiger partial charge in [-0.25, -0.2) is 8.78 Å². The van der Waals surface area contributed by atoms with Gasteiger partial charge in [0.1, 0.15) is 11.6 Å². The number of benzene rings is 2. The van der Waals surface area contributed by atoms with Crippen molar-refractivity contribution in [2.75, 3.05) is 13.1 Å². The Kier molecular flexibility index (Phi) is 5.05. The van der Waals surface area contributed by atoms with E-state index in [2.05, 4.69) is 4.98 Å². The van der Waals surface area contributed by atoms with Crippen molar-refractivity contribution in [3.63, 3.8) is 0 Å². The first kappa shape index (κ1) is 18.5. The number of Topliss-reactive ketones (excluding diaryl/α,β-unsaturated/α-hetero) is 1. The van der Waals surface area contributed by atoms with Crippen LogP contribution in [-0.4, -0.2) is 28.8 Å². The van der Waals surface area contributed by atoms with E-state index in [9.17, 15) is 18.4 Å². The van der Waals surface area contributed by atoms with Crippen LogP contribution in [0.15, 0.2) is 53.3 Å². The van der Waals surface area contributed by atoms with Gasteiger partial charge in [-0.15, -0.1) is 0 Å². The number of nitrogens with one attached hydrogen (secondary N) is 1. The second-order valence-corrected chi connectivity index (χ2v) is 7.27. The van der Waals surface area contributed by atoms with Gasteiger partial charge >= 0.3 is 0 Å². The number of pyridine rings is 1. The smallest absolute Gasteiger partial charge is 0.252 e. The lowest BCUT2D eigenvalue weighted by Gasteiger charge is -2.31. The monoisotopic (exact) mass is 382 g/mol. The van der Waals surface area contributed by atoms with Crippen LogP contribution in [0.3, 0.4) is 0 Å². The minimum atomic E-state index is -0.700. The summed E-state index contributed by atoms with van der Waals surface area (Å²) in [5.41, 5.74) is 1.06. The number of carbonyl (C=O) groups excluding carboxylic acids is 1. The van der Waals surface area contributed by atoms with Gasteiger partial charge in [0, 0.05) is 30.1 Å². The minimum Gasteiger partial charge on any atom is -0.322 e. The Bertz CT molecular complexity index is 1090. The summed E-state index contributed by atoms with van der Waals surface area (Å²) in [5.74, 6) is -2.12. The molecule has 28 heavy (non-hydrogen) atoms. The quantitative estimate of drug-likeness (QED) is 0.697. The summed E-state index contributed by atoms with van der Waals surface area (Å²) in [7, 11) is 0. The molecule has 1 fully saturated rings. The molecule has 2 heterocycles. The van der Waals surface area contributed by atoms with Crippen LogP contribution in [0.4, 0.5) is 8.78 Å². The third kappa shape index (κ3) is 3.73. The number of carbonyl (C=O) groups is 1. The van der Waals surface area contributed by atoms with Crippen LogP contribution in [0.1, 0.15) is 28.8 Å². The largest absolute Gasteiger partial charge is 0.322 e. The normalized spacial score (nSPS) is 17.7. The van der Waals surface area contributed by atoms with Crippen LogP contribution < -0.4 is 5.56 Å². The van der Waals surface area contributed by atoms with Gasteiger partial charge in [0.05, 0.1) is 5.56 Å². The lowest BCUT2D eigenvalue weighted by Crippen LogP contribution is -2.39. The highest BCUT2D eigenvalue weighted by Gasteiger charge is 2.28. The SMILES string of the molecule is O=C(c1cc(F)ccc1F)[C@H]1CCCN(Cc2cc3ccccc3[nH]c2=O)C1. The maximum Gasteiger partial charge on any atom is 0.252 e. The number of rotatable bonds is 4.